The van der Waals surface area contributed by atoms with E-state index in [4.69, 9.17) is 8.94 Å². The van der Waals surface area contributed by atoms with E-state index in [1.54, 1.807) is 18.4 Å². The van der Waals surface area contributed by atoms with Crippen molar-refractivity contribution in [1.82, 2.24) is 15.5 Å². The molecule has 0 aromatic carbocycles. The molecule has 0 bridgehead atoms. The molecule has 128 valence electrons. The monoisotopic (exact) mass is 337 g/mol. The Labute approximate surface area is 144 Å². The SMILES string of the molecule is Cc1noc2nc(-c3ccco3)cc(C(=O)NC3CCCC4CC43)c12. The molecule has 3 aromatic rings. The smallest absolute Gasteiger partial charge is 0.259 e. The molecule has 0 saturated heterocycles. The Hall–Kier alpha value is -2.63. The zero-order valence-corrected chi connectivity index (χ0v) is 14.0. The van der Waals surface area contributed by atoms with Crippen LogP contribution in [-0.2, 0) is 0 Å². The van der Waals surface area contributed by atoms with Crippen molar-refractivity contribution < 1.29 is 13.7 Å². The summed E-state index contributed by atoms with van der Waals surface area (Å²) in [7, 11) is 0. The summed E-state index contributed by atoms with van der Waals surface area (Å²) in [4.78, 5) is 17.5. The number of amides is 1. The van der Waals surface area contributed by atoms with Crippen LogP contribution >= 0.6 is 0 Å². The number of aromatic nitrogens is 2. The van der Waals surface area contributed by atoms with Crippen LogP contribution in [0.1, 0.15) is 41.7 Å². The summed E-state index contributed by atoms with van der Waals surface area (Å²) < 4.78 is 10.7. The molecule has 5 rings (SSSR count). The molecule has 3 aromatic heterocycles. The Morgan fingerprint density at radius 1 is 1.36 bits per heavy atom. The number of nitrogens with zero attached hydrogens (tertiary/aromatic N) is 2. The van der Waals surface area contributed by atoms with Gasteiger partial charge in [0.2, 0.25) is 0 Å². The lowest BCUT2D eigenvalue weighted by atomic mass is 9.95. The second-order valence-corrected chi connectivity index (χ2v) is 7.15. The van der Waals surface area contributed by atoms with E-state index in [-0.39, 0.29) is 11.9 Å². The maximum absolute atomic E-state index is 13.0. The molecule has 2 aliphatic rings. The fraction of sp³-hybridized carbons (Fsp3) is 0.421. The first-order chi connectivity index (χ1) is 12.2. The maximum Gasteiger partial charge on any atom is 0.259 e. The van der Waals surface area contributed by atoms with Crippen molar-refractivity contribution in [3.8, 4) is 11.5 Å². The van der Waals surface area contributed by atoms with Crippen LogP contribution in [0.15, 0.2) is 33.4 Å². The standard InChI is InChI=1S/C19H19N3O3/c1-10-17-13(18(23)20-14-5-2-4-11-8-12(11)14)9-15(16-6-3-7-24-16)21-19(17)25-22-10/h3,6-7,9,11-12,14H,2,4-5,8H2,1H3,(H,20,23). The number of rotatable bonds is 3. The minimum absolute atomic E-state index is 0.0796. The van der Waals surface area contributed by atoms with Gasteiger partial charge in [0.05, 0.1) is 22.9 Å². The van der Waals surface area contributed by atoms with Gasteiger partial charge in [-0.1, -0.05) is 18.0 Å². The number of furan rings is 1. The highest BCUT2D eigenvalue weighted by molar-refractivity contribution is 6.07. The first-order valence-electron chi connectivity index (χ1n) is 8.82. The molecule has 6 heteroatoms. The van der Waals surface area contributed by atoms with E-state index in [1.807, 2.05) is 13.0 Å². The highest BCUT2D eigenvalue weighted by Gasteiger charge is 2.45. The van der Waals surface area contributed by atoms with Crippen molar-refractivity contribution in [3.63, 3.8) is 0 Å². The van der Waals surface area contributed by atoms with E-state index >= 15 is 0 Å². The second kappa shape index (κ2) is 5.44. The number of fused-ring (bicyclic) bond motifs is 2. The number of hydrogen-bond acceptors (Lipinski definition) is 5. The predicted molar refractivity (Wildman–Crippen MR) is 90.9 cm³/mol. The first kappa shape index (κ1) is 14.7. The van der Waals surface area contributed by atoms with Gasteiger partial charge >= 0.3 is 0 Å². The van der Waals surface area contributed by atoms with Crippen LogP contribution < -0.4 is 5.32 Å². The third-order valence-corrected chi connectivity index (χ3v) is 5.54. The third kappa shape index (κ3) is 2.44. The molecule has 1 N–H and O–H groups in total. The summed E-state index contributed by atoms with van der Waals surface area (Å²) in [5, 5.41) is 7.90. The van der Waals surface area contributed by atoms with Gasteiger partial charge in [-0.3, -0.25) is 4.79 Å². The molecule has 0 spiro atoms. The van der Waals surface area contributed by atoms with Gasteiger partial charge in [-0.15, -0.1) is 0 Å². The summed E-state index contributed by atoms with van der Waals surface area (Å²) in [6.07, 6.45) is 6.41. The van der Waals surface area contributed by atoms with Crippen LogP contribution in [-0.4, -0.2) is 22.1 Å². The van der Waals surface area contributed by atoms with Crippen LogP contribution in [0.4, 0.5) is 0 Å². The molecule has 25 heavy (non-hydrogen) atoms. The third-order valence-electron chi connectivity index (χ3n) is 5.54. The predicted octanol–water partition coefficient (Wildman–Crippen LogP) is 3.71. The van der Waals surface area contributed by atoms with Gasteiger partial charge < -0.3 is 14.3 Å². The number of carbonyl (C=O) groups excluding carboxylic acids is 1. The van der Waals surface area contributed by atoms with Crippen molar-refractivity contribution in [1.29, 1.82) is 0 Å². The molecule has 3 atom stereocenters. The molecule has 2 saturated carbocycles. The Morgan fingerprint density at radius 2 is 2.28 bits per heavy atom. The minimum atomic E-state index is -0.0796. The number of nitrogens with one attached hydrogen (secondary N) is 1. The van der Waals surface area contributed by atoms with Gasteiger partial charge in [-0.25, -0.2) is 4.98 Å². The number of aryl methyl sites for hydroxylation is 1. The lowest BCUT2D eigenvalue weighted by Crippen LogP contribution is -2.38. The molecule has 1 amide bonds. The molecular formula is C19H19N3O3. The summed E-state index contributed by atoms with van der Waals surface area (Å²) in [5.74, 6) is 1.99. The van der Waals surface area contributed by atoms with Crippen LogP contribution in [0.2, 0.25) is 0 Å². The van der Waals surface area contributed by atoms with Gasteiger partial charge in [0, 0.05) is 6.04 Å². The van der Waals surface area contributed by atoms with Crippen molar-refractivity contribution >= 4 is 17.0 Å². The lowest BCUT2D eigenvalue weighted by molar-refractivity contribution is 0.0925. The van der Waals surface area contributed by atoms with Crippen LogP contribution in [0.25, 0.3) is 22.6 Å². The van der Waals surface area contributed by atoms with E-state index in [0.717, 1.165) is 12.3 Å². The van der Waals surface area contributed by atoms with Crippen LogP contribution in [0.3, 0.4) is 0 Å². The average molecular weight is 337 g/mol. The topological polar surface area (TPSA) is 81.2 Å². The van der Waals surface area contributed by atoms with Crippen molar-refractivity contribution in [2.24, 2.45) is 11.8 Å². The average Bonchev–Trinajstić information content (AvgIpc) is 3.04. The highest BCUT2D eigenvalue weighted by atomic mass is 16.5. The maximum atomic E-state index is 13.0. The van der Waals surface area contributed by atoms with E-state index < -0.39 is 0 Å². The quantitative estimate of drug-likeness (QED) is 0.788. The van der Waals surface area contributed by atoms with Gasteiger partial charge in [0.1, 0.15) is 5.69 Å². The van der Waals surface area contributed by atoms with Crippen LogP contribution in [0.5, 0.6) is 0 Å². The van der Waals surface area contributed by atoms with Crippen molar-refractivity contribution in [2.75, 3.05) is 0 Å². The Kier molecular flexibility index (Phi) is 3.20. The number of carbonyl (C=O) groups is 1. The molecule has 6 nitrogen and oxygen atoms in total. The fourth-order valence-electron chi connectivity index (χ4n) is 4.16. The zero-order valence-electron chi connectivity index (χ0n) is 14.0. The zero-order chi connectivity index (χ0) is 17.0. The fourth-order valence-corrected chi connectivity index (χ4v) is 4.16. The highest BCUT2D eigenvalue weighted by Crippen LogP contribution is 2.49. The normalized spacial score (nSPS) is 24.9. The molecule has 2 fully saturated rings. The molecule has 0 aliphatic heterocycles. The Bertz CT molecular complexity index is 944. The van der Waals surface area contributed by atoms with Crippen LogP contribution in [0, 0.1) is 18.8 Å². The lowest BCUT2D eigenvalue weighted by Gasteiger charge is -2.22. The summed E-state index contributed by atoms with van der Waals surface area (Å²) in [6.45, 7) is 1.83. The van der Waals surface area contributed by atoms with Gasteiger partial charge in [-0.05, 0) is 49.8 Å². The van der Waals surface area contributed by atoms with Gasteiger partial charge in [0.15, 0.2) is 5.76 Å². The van der Waals surface area contributed by atoms with Crippen molar-refractivity contribution in [3.05, 3.63) is 35.7 Å². The second-order valence-electron chi connectivity index (χ2n) is 7.15. The molecule has 2 aliphatic carbocycles. The largest absolute Gasteiger partial charge is 0.463 e. The summed E-state index contributed by atoms with van der Waals surface area (Å²) >= 11 is 0. The number of hydrogen-bond donors (Lipinski definition) is 1. The molecular weight excluding hydrogens is 318 g/mol. The minimum Gasteiger partial charge on any atom is -0.463 e. The van der Waals surface area contributed by atoms with E-state index in [0.29, 0.717) is 39.7 Å². The van der Waals surface area contributed by atoms with Gasteiger partial charge in [0.25, 0.3) is 11.6 Å². The van der Waals surface area contributed by atoms with E-state index in [2.05, 4.69) is 15.5 Å². The number of pyridine rings is 1. The van der Waals surface area contributed by atoms with E-state index in [9.17, 15) is 4.79 Å². The first-order valence-corrected chi connectivity index (χ1v) is 8.82. The Morgan fingerprint density at radius 3 is 3.12 bits per heavy atom. The summed E-state index contributed by atoms with van der Waals surface area (Å²) in [6, 6.07) is 5.66. The molecule has 3 unspecified atom stereocenters. The van der Waals surface area contributed by atoms with Gasteiger partial charge in [-0.2, -0.15) is 0 Å². The van der Waals surface area contributed by atoms with Crippen molar-refractivity contribution in [2.45, 2.75) is 38.6 Å². The van der Waals surface area contributed by atoms with E-state index in [1.165, 1.54) is 19.3 Å². The molecule has 3 heterocycles. The Balaban J connectivity index is 1.54. The molecule has 0 radical (unpaired) electrons. The summed E-state index contributed by atoms with van der Waals surface area (Å²) in [5.41, 5.74) is 2.17.